The standard InChI is InChI=1S/C30H33F3N2O9/c31-29(32,33)15-40-21(37)10-5-16-3-1-2-4-17(16)14-35-24-26(38)41-20-13-28(24,27(39)34-11-12-36)25(44-35)23-22(20)42-30(43-23,18-6-7-18)19-8-9-19/h1-5,10,18-20,22-25,36H,6-9,11-15H2,(H,34,39)/t20-,22+,23+,24+,25-,28+/m1/s1. The zero-order valence-corrected chi connectivity index (χ0v) is 23.7. The van der Waals surface area contributed by atoms with Crippen LogP contribution in [0, 0.1) is 17.3 Å². The van der Waals surface area contributed by atoms with Gasteiger partial charge in [-0.05, 0) is 42.9 Å². The average molecular weight is 623 g/mol. The van der Waals surface area contributed by atoms with Crippen molar-refractivity contribution >= 4 is 23.9 Å². The molecule has 3 heterocycles. The number of alkyl halides is 3. The Labute approximate surface area is 250 Å². The number of hydroxylamine groups is 2. The van der Waals surface area contributed by atoms with Gasteiger partial charge in [0, 0.05) is 30.9 Å². The molecule has 3 aliphatic carbocycles. The molecular weight excluding hydrogens is 589 g/mol. The van der Waals surface area contributed by atoms with E-state index in [1.807, 2.05) is 0 Å². The smallest absolute Gasteiger partial charge is 0.422 e. The first-order valence-corrected chi connectivity index (χ1v) is 14.9. The average Bonchev–Trinajstić information content (AvgIpc) is 3.93. The fourth-order valence-electron chi connectivity index (χ4n) is 7.37. The van der Waals surface area contributed by atoms with Gasteiger partial charge in [0.2, 0.25) is 5.91 Å². The molecule has 3 saturated heterocycles. The summed E-state index contributed by atoms with van der Waals surface area (Å²) in [6.07, 6.45) is -1.33. The van der Waals surface area contributed by atoms with Crippen molar-refractivity contribution in [3.05, 3.63) is 41.5 Å². The Bertz CT molecular complexity index is 1350. The first-order chi connectivity index (χ1) is 21.1. The molecule has 11 nitrogen and oxygen atoms in total. The quantitative estimate of drug-likeness (QED) is 0.295. The highest BCUT2D eigenvalue weighted by Gasteiger charge is 2.78. The summed E-state index contributed by atoms with van der Waals surface area (Å²) in [6, 6.07) is 5.61. The zero-order chi connectivity index (χ0) is 30.9. The van der Waals surface area contributed by atoms with Crippen LogP contribution in [0.1, 0.15) is 43.2 Å². The van der Waals surface area contributed by atoms with Crippen molar-refractivity contribution in [3.63, 3.8) is 0 Å². The highest BCUT2D eigenvalue weighted by atomic mass is 19.4. The lowest BCUT2D eigenvalue weighted by atomic mass is 9.62. The van der Waals surface area contributed by atoms with Crippen LogP contribution < -0.4 is 5.32 Å². The molecule has 1 aromatic rings. The number of benzene rings is 1. The minimum atomic E-state index is -4.65. The number of amides is 1. The number of ether oxygens (including phenoxy) is 4. The molecule has 44 heavy (non-hydrogen) atoms. The maximum absolute atomic E-state index is 13.9. The normalized spacial score (nSPS) is 34.1. The van der Waals surface area contributed by atoms with E-state index in [2.05, 4.69) is 10.1 Å². The maximum Gasteiger partial charge on any atom is 0.422 e. The van der Waals surface area contributed by atoms with Gasteiger partial charge in [-0.2, -0.15) is 18.2 Å². The fraction of sp³-hybridized carbons (Fsp3) is 0.633. The summed E-state index contributed by atoms with van der Waals surface area (Å²) < 4.78 is 61.0. The number of carbonyl (C=O) groups excluding carboxylic acids is 3. The summed E-state index contributed by atoms with van der Waals surface area (Å²) in [5, 5.41) is 13.6. The van der Waals surface area contributed by atoms with Gasteiger partial charge in [-0.3, -0.25) is 14.4 Å². The summed E-state index contributed by atoms with van der Waals surface area (Å²) in [7, 11) is 0. The number of aliphatic hydroxyl groups excluding tert-OH is 1. The topological polar surface area (TPSA) is 133 Å². The van der Waals surface area contributed by atoms with Gasteiger partial charge in [0.05, 0.1) is 13.2 Å². The predicted octanol–water partition coefficient (Wildman–Crippen LogP) is 2.01. The molecule has 0 radical (unpaired) electrons. The van der Waals surface area contributed by atoms with Crippen molar-refractivity contribution in [2.45, 2.75) is 81.1 Å². The maximum atomic E-state index is 13.9. The molecule has 14 heteroatoms. The predicted molar refractivity (Wildman–Crippen MR) is 142 cm³/mol. The van der Waals surface area contributed by atoms with Crippen molar-refractivity contribution in [3.8, 4) is 0 Å². The van der Waals surface area contributed by atoms with E-state index in [-0.39, 0.29) is 38.0 Å². The second kappa shape index (κ2) is 10.8. The van der Waals surface area contributed by atoms with E-state index in [9.17, 15) is 32.7 Å². The summed E-state index contributed by atoms with van der Waals surface area (Å²) in [5.74, 6) is -2.61. The number of rotatable bonds is 10. The molecule has 1 aromatic carbocycles. The SMILES string of the molecule is O=C(C=Cc1ccccc1CN1O[C@@H]2[C@H]3OC(C4CC4)(C4CC4)O[C@H]3[C@H]3C[C@]2(C(=O)NCCO)[C@@H]1C(=O)O3)OCC(F)(F)F. The minimum Gasteiger partial charge on any atom is -0.458 e. The van der Waals surface area contributed by atoms with Crippen LogP contribution in [0.25, 0.3) is 6.08 Å². The summed E-state index contributed by atoms with van der Waals surface area (Å²) in [4.78, 5) is 46.1. The van der Waals surface area contributed by atoms with Crippen LogP contribution in [-0.2, 0) is 44.7 Å². The number of carbonyl (C=O) groups is 3. The van der Waals surface area contributed by atoms with E-state index in [1.54, 1.807) is 24.3 Å². The number of halogens is 3. The Morgan fingerprint density at radius 2 is 1.82 bits per heavy atom. The molecule has 3 saturated carbocycles. The second-order valence-electron chi connectivity index (χ2n) is 12.4. The van der Waals surface area contributed by atoms with Crippen molar-refractivity contribution < 1.29 is 56.4 Å². The number of esters is 2. The van der Waals surface area contributed by atoms with Crippen LogP contribution in [0.5, 0.6) is 0 Å². The molecule has 238 valence electrons. The van der Waals surface area contributed by atoms with Crippen LogP contribution in [-0.4, -0.2) is 90.2 Å². The van der Waals surface area contributed by atoms with Crippen LogP contribution in [0.3, 0.4) is 0 Å². The molecule has 7 rings (SSSR count). The summed E-state index contributed by atoms with van der Waals surface area (Å²) in [5.41, 5.74) is -0.359. The van der Waals surface area contributed by atoms with Gasteiger partial charge < -0.3 is 29.4 Å². The van der Waals surface area contributed by atoms with E-state index in [0.717, 1.165) is 31.8 Å². The zero-order valence-electron chi connectivity index (χ0n) is 23.7. The Hall–Kier alpha value is -3.04. The molecular formula is C30H33F3N2O9. The molecule has 6 atom stereocenters. The molecule has 2 N–H and O–H groups in total. The third-order valence-electron chi connectivity index (χ3n) is 9.46. The molecule has 6 fully saturated rings. The van der Waals surface area contributed by atoms with Crippen LogP contribution >= 0.6 is 0 Å². The van der Waals surface area contributed by atoms with Crippen LogP contribution in [0.2, 0.25) is 0 Å². The Kier molecular flexibility index (Phi) is 7.28. The summed E-state index contributed by atoms with van der Waals surface area (Å²) in [6.45, 7) is -2.04. The van der Waals surface area contributed by atoms with Crippen molar-refractivity contribution in [2.24, 2.45) is 17.3 Å². The molecule has 6 aliphatic rings. The molecule has 1 amide bonds. The lowest BCUT2D eigenvalue weighted by Crippen LogP contribution is -2.69. The van der Waals surface area contributed by atoms with Gasteiger partial charge >= 0.3 is 18.1 Å². The number of aliphatic hydroxyl groups is 1. The monoisotopic (exact) mass is 622 g/mol. The van der Waals surface area contributed by atoms with Gasteiger partial charge in [-0.1, -0.05) is 24.3 Å². The highest BCUT2D eigenvalue weighted by molar-refractivity contribution is 5.93. The number of hydrogen-bond donors (Lipinski definition) is 2. The molecule has 2 bridgehead atoms. The van der Waals surface area contributed by atoms with Gasteiger partial charge in [0.25, 0.3) is 0 Å². The van der Waals surface area contributed by atoms with E-state index in [4.69, 9.17) is 19.0 Å². The number of nitrogens with one attached hydrogen (secondary N) is 1. The first-order valence-electron chi connectivity index (χ1n) is 14.9. The van der Waals surface area contributed by atoms with Crippen molar-refractivity contribution in [2.75, 3.05) is 19.8 Å². The second-order valence-corrected chi connectivity index (χ2v) is 12.4. The highest BCUT2D eigenvalue weighted by Crippen LogP contribution is 2.63. The van der Waals surface area contributed by atoms with E-state index < -0.39 is 72.3 Å². The van der Waals surface area contributed by atoms with Gasteiger partial charge in [0.15, 0.2) is 18.4 Å². The lowest BCUT2D eigenvalue weighted by Gasteiger charge is -2.48. The third kappa shape index (κ3) is 5.00. The van der Waals surface area contributed by atoms with E-state index in [1.165, 1.54) is 11.1 Å². The van der Waals surface area contributed by atoms with E-state index in [0.29, 0.717) is 11.1 Å². The van der Waals surface area contributed by atoms with Gasteiger partial charge in [0.1, 0.15) is 29.8 Å². The van der Waals surface area contributed by atoms with Crippen molar-refractivity contribution in [1.29, 1.82) is 0 Å². The Morgan fingerprint density at radius 1 is 1.11 bits per heavy atom. The fourth-order valence-corrected chi connectivity index (χ4v) is 7.37. The van der Waals surface area contributed by atoms with Crippen LogP contribution in [0.4, 0.5) is 13.2 Å². The molecule has 0 spiro atoms. The van der Waals surface area contributed by atoms with E-state index >= 15 is 0 Å². The number of fused-ring (bicyclic) bond motifs is 4. The Balaban J connectivity index is 1.19. The minimum absolute atomic E-state index is 0.0165. The first kappa shape index (κ1) is 29.7. The van der Waals surface area contributed by atoms with Gasteiger partial charge in [-0.15, -0.1) is 0 Å². The number of nitrogens with zero attached hydrogens (tertiary/aromatic N) is 1. The molecule has 0 aromatic heterocycles. The number of hydrogen-bond acceptors (Lipinski definition) is 10. The lowest BCUT2D eigenvalue weighted by molar-refractivity contribution is -0.235. The largest absolute Gasteiger partial charge is 0.458 e. The molecule has 0 unspecified atom stereocenters. The van der Waals surface area contributed by atoms with Gasteiger partial charge in [-0.25, -0.2) is 4.79 Å². The van der Waals surface area contributed by atoms with Crippen LogP contribution in [0.15, 0.2) is 30.3 Å². The summed E-state index contributed by atoms with van der Waals surface area (Å²) >= 11 is 0. The molecule has 3 aliphatic heterocycles. The van der Waals surface area contributed by atoms with Crippen molar-refractivity contribution in [1.82, 2.24) is 10.4 Å². The Morgan fingerprint density at radius 3 is 2.50 bits per heavy atom. The third-order valence-corrected chi connectivity index (χ3v) is 9.46.